The molecule has 0 bridgehead atoms. The van der Waals surface area contributed by atoms with E-state index in [1.807, 2.05) is 26.0 Å². The van der Waals surface area contributed by atoms with Crippen molar-refractivity contribution >= 4 is 41.3 Å². The Hall–Kier alpha value is -5.12. The number of hydrogen-bond donors (Lipinski definition) is 4. The lowest BCUT2D eigenvalue weighted by Gasteiger charge is -2.36. The zero-order valence-electron chi connectivity index (χ0n) is 33.5. The van der Waals surface area contributed by atoms with E-state index in [1.165, 1.54) is 16.8 Å². The number of carbonyl (C=O) groups excluding carboxylic acids is 6. The number of anilines is 1. The Morgan fingerprint density at radius 2 is 1.61 bits per heavy atom. The van der Waals surface area contributed by atoms with E-state index in [9.17, 15) is 37.5 Å². The van der Waals surface area contributed by atoms with Crippen LogP contribution in [0.15, 0.2) is 42.5 Å². The minimum absolute atomic E-state index is 0.00369. The number of likely N-dealkylation sites (N-methyl/N-ethyl adjacent to an activating group) is 1. The van der Waals surface area contributed by atoms with Gasteiger partial charge in [0, 0.05) is 38.3 Å². The van der Waals surface area contributed by atoms with Crippen LogP contribution in [-0.2, 0) is 41.6 Å². The molecule has 57 heavy (non-hydrogen) atoms. The maximum absolute atomic E-state index is 14.6. The molecule has 5 rings (SSSR count). The summed E-state index contributed by atoms with van der Waals surface area (Å²) in [5.41, 5.74) is 1.56. The highest BCUT2D eigenvalue weighted by Gasteiger charge is 2.44. The van der Waals surface area contributed by atoms with Gasteiger partial charge in [0.05, 0.1) is 18.8 Å². The summed E-state index contributed by atoms with van der Waals surface area (Å²) in [5.74, 6) is -4.38. The summed E-state index contributed by atoms with van der Waals surface area (Å²) in [7, 11) is 1.49. The monoisotopic (exact) mass is 795 g/mol. The van der Waals surface area contributed by atoms with Crippen LogP contribution in [0.1, 0.15) is 71.4 Å². The number of benzene rings is 2. The molecule has 0 radical (unpaired) electrons. The van der Waals surface area contributed by atoms with Crippen LogP contribution in [0, 0.1) is 17.6 Å². The highest BCUT2D eigenvalue weighted by atomic mass is 19.1. The van der Waals surface area contributed by atoms with E-state index in [1.54, 1.807) is 37.8 Å². The van der Waals surface area contributed by atoms with Crippen LogP contribution in [0.2, 0.25) is 0 Å². The van der Waals surface area contributed by atoms with E-state index >= 15 is 0 Å². The molecule has 14 nitrogen and oxygen atoms in total. The number of fused-ring (bicyclic) bond motifs is 2. The average molecular weight is 796 g/mol. The second-order valence-corrected chi connectivity index (χ2v) is 15.5. The van der Waals surface area contributed by atoms with Crippen LogP contribution in [0.5, 0.6) is 0 Å². The normalized spacial score (nSPS) is 26.7. The lowest BCUT2D eigenvalue weighted by Crippen LogP contribution is -2.62. The number of halogens is 2. The second kappa shape index (κ2) is 18.9. The fourth-order valence-electron chi connectivity index (χ4n) is 8.00. The van der Waals surface area contributed by atoms with Gasteiger partial charge in [0.25, 0.3) is 0 Å². The average Bonchev–Trinajstić information content (AvgIpc) is 3.81. The first kappa shape index (κ1) is 43.0. The molecule has 4 N–H and O–H groups in total. The topological polar surface area (TPSA) is 169 Å². The molecule has 16 heteroatoms. The number of aryl methyl sites for hydroxylation is 1. The molecule has 7 amide bonds. The summed E-state index contributed by atoms with van der Waals surface area (Å²) < 4.78 is 34.9. The molecule has 2 aromatic rings. The van der Waals surface area contributed by atoms with Gasteiger partial charge in [-0.15, -0.1) is 0 Å². The van der Waals surface area contributed by atoms with E-state index in [2.05, 4.69) is 21.3 Å². The van der Waals surface area contributed by atoms with E-state index in [4.69, 9.17) is 4.74 Å². The molecule has 0 spiro atoms. The van der Waals surface area contributed by atoms with Gasteiger partial charge in [-0.2, -0.15) is 0 Å². The van der Waals surface area contributed by atoms with Crippen molar-refractivity contribution in [2.45, 2.75) is 115 Å². The SMILES string of the molecule is CCc1ccc(NC(=O)NC(Cc2cc(F)cc(F)c2)C(=O)NC2C(=O)N3CCCC3C(=O)N(C)C(CC)C(=O)NC(C)C(=O)N3CC(C)CC3COC2C)cc1. The molecule has 3 aliphatic rings. The molecule has 2 aromatic carbocycles. The fraction of sp³-hybridized carbons (Fsp3) is 0.561. The fourth-order valence-corrected chi connectivity index (χ4v) is 8.00. The summed E-state index contributed by atoms with van der Waals surface area (Å²) in [5, 5.41) is 10.8. The second-order valence-electron chi connectivity index (χ2n) is 15.5. The predicted octanol–water partition coefficient (Wildman–Crippen LogP) is 3.13. The first-order valence-corrected chi connectivity index (χ1v) is 19.8. The van der Waals surface area contributed by atoms with Gasteiger partial charge in [0.2, 0.25) is 29.5 Å². The molecule has 310 valence electrons. The Morgan fingerprint density at radius 1 is 0.930 bits per heavy atom. The number of nitrogens with zero attached hydrogens (tertiary/aromatic N) is 3. The number of carbonyl (C=O) groups is 6. The Morgan fingerprint density at radius 3 is 2.26 bits per heavy atom. The first-order chi connectivity index (χ1) is 27.1. The van der Waals surface area contributed by atoms with Gasteiger partial charge in [-0.05, 0) is 87.3 Å². The molecule has 3 fully saturated rings. The Balaban J connectivity index is 1.47. The van der Waals surface area contributed by atoms with Crippen molar-refractivity contribution in [3.63, 3.8) is 0 Å². The summed E-state index contributed by atoms with van der Waals surface area (Å²) in [6.45, 7) is 9.56. The van der Waals surface area contributed by atoms with E-state index in [0.29, 0.717) is 37.6 Å². The van der Waals surface area contributed by atoms with Crippen molar-refractivity contribution < 1.29 is 42.3 Å². The third-order valence-electron chi connectivity index (χ3n) is 11.2. The highest BCUT2D eigenvalue weighted by molar-refractivity contribution is 5.98. The standard InChI is InChI=1S/C41H55F2N7O7/c1-7-26-11-13-30(14-12-26)45-41(56)46-32(19-27-17-28(42)20-29(43)18-27)36(51)47-35-25(5)57-22-31-16-23(3)21-50(31)38(53)24(4)44-37(52)33(8-2)48(6)39(54)34-10-9-15-49(34)40(35)55/h11-14,17-18,20,23-25,31-35H,7-10,15-16,19,21-22H2,1-6H3,(H,44,52)(H,47,51)(H2,45,46,56). The van der Waals surface area contributed by atoms with Crippen molar-refractivity contribution in [3.8, 4) is 0 Å². The smallest absolute Gasteiger partial charge is 0.319 e. The van der Waals surface area contributed by atoms with E-state index in [-0.39, 0.29) is 43.4 Å². The molecule has 0 aromatic heterocycles. The molecule has 0 saturated carbocycles. The van der Waals surface area contributed by atoms with E-state index in [0.717, 1.165) is 24.1 Å². The Labute approximate surface area is 332 Å². The van der Waals surface area contributed by atoms with Gasteiger partial charge in [0.1, 0.15) is 41.8 Å². The minimum atomic E-state index is -1.43. The zero-order valence-corrected chi connectivity index (χ0v) is 33.5. The Bertz CT molecular complexity index is 1790. The largest absolute Gasteiger partial charge is 0.374 e. The van der Waals surface area contributed by atoms with Crippen molar-refractivity contribution in [1.82, 2.24) is 30.7 Å². The lowest BCUT2D eigenvalue weighted by atomic mass is 10.0. The first-order valence-electron chi connectivity index (χ1n) is 19.8. The number of hydrogen-bond acceptors (Lipinski definition) is 7. The van der Waals surface area contributed by atoms with Crippen molar-refractivity contribution in [1.29, 1.82) is 0 Å². The molecule has 8 atom stereocenters. The van der Waals surface area contributed by atoms with Crippen LogP contribution < -0.4 is 21.3 Å². The van der Waals surface area contributed by atoms with Gasteiger partial charge in [-0.1, -0.05) is 32.9 Å². The minimum Gasteiger partial charge on any atom is -0.374 e. The van der Waals surface area contributed by atoms with Crippen molar-refractivity contribution in [2.75, 3.05) is 32.1 Å². The van der Waals surface area contributed by atoms with Crippen LogP contribution in [-0.4, -0.2) is 119 Å². The molecular formula is C41H55F2N7O7. The van der Waals surface area contributed by atoms with Crippen LogP contribution in [0.4, 0.5) is 19.3 Å². The summed E-state index contributed by atoms with van der Waals surface area (Å²) in [4.78, 5) is 87.8. The summed E-state index contributed by atoms with van der Waals surface area (Å²) >= 11 is 0. The van der Waals surface area contributed by atoms with Gasteiger partial charge < -0.3 is 40.7 Å². The predicted molar refractivity (Wildman–Crippen MR) is 208 cm³/mol. The van der Waals surface area contributed by atoms with E-state index < -0.39 is 83.6 Å². The number of ether oxygens (including phenoxy) is 1. The van der Waals surface area contributed by atoms with Gasteiger partial charge >= 0.3 is 6.03 Å². The molecule has 3 heterocycles. The Kier molecular flexibility index (Phi) is 14.2. The number of nitrogens with one attached hydrogen (secondary N) is 4. The lowest BCUT2D eigenvalue weighted by molar-refractivity contribution is -0.151. The summed E-state index contributed by atoms with van der Waals surface area (Å²) in [6, 6.07) is 3.12. The maximum Gasteiger partial charge on any atom is 0.319 e. The number of rotatable bonds is 8. The molecule has 3 saturated heterocycles. The molecule has 0 aliphatic carbocycles. The van der Waals surface area contributed by atoms with Crippen molar-refractivity contribution in [2.24, 2.45) is 5.92 Å². The maximum atomic E-state index is 14.6. The van der Waals surface area contributed by atoms with Gasteiger partial charge in [0.15, 0.2) is 0 Å². The van der Waals surface area contributed by atoms with Gasteiger partial charge in [-0.3, -0.25) is 24.0 Å². The van der Waals surface area contributed by atoms with Crippen LogP contribution >= 0.6 is 0 Å². The quantitative estimate of drug-likeness (QED) is 0.319. The van der Waals surface area contributed by atoms with Gasteiger partial charge in [-0.25, -0.2) is 13.6 Å². The van der Waals surface area contributed by atoms with Crippen LogP contribution in [0.3, 0.4) is 0 Å². The molecule has 8 unspecified atom stereocenters. The third-order valence-corrected chi connectivity index (χ3v) is 11.2. The number of amides is 7. The zero-order chi connectivity index (χ0) is 41.6. The number of urea groups is 1. The van der Waals surface area contributed by atoms with Crippen molar-refractivity contribution in [3.05, 3.63) is 65.2 Å². The third kappa shape index (κ3) is 10.4. The summed E-state index contributed by atoms with van der Waals surface area (Å²) in [6.07, 6.45) is 1.07. The van der Waals surface area contributed by atoms with Crippen LogP contribution in [0.25, 0.3) is 0 Å². The highest BCUT2D eigenvalue weighted by Crippen LogP contribution is 2.27. The molecule has 3 aliphatic heterocycles. The molecular weight excluding hydrogens is 740 g/mol.